The first kappa shape index (κ1) is 19.1. The summed E-state index contributed by atoms with van der Waals surface area (Å²) in [6, 6.07) is 12.3. The second kappa shape index (κ2) is 9.33. The molecular formula is C21H29NO3. The molecule has 2 aromatic rings. The van der Waals surface area contributed by atoms with Crippen molar-refractivity contribution in [3.8, 4) is 17.2 Å². The van der Waals surface area contributed by atoms with E-state index in [0.29, 0.717) is 19.8 Å². The van der Waals surface area contributed by atoms with Crippen LogP contribution in [0.25, 0.3) is 0 Å². The largest absolute Gasteiger partial charge is 0.494 e. The van der Waals surface area contributed by atoms with E-state index < -0.39 is 0 Å². The Hall–Kier alpha value is -2.20. The Morgan fingerprint density at radius 3 is 2.32 bits per heavy atom. The normalized spacial score (nSPS) is 11.9. The van der Waals surface area contributed by atoms with Crippen molar-refractivity contribution in [3.63, 3.8) is 0 Å². The van der Waals surface area contributed by atoms with E-state index in [0.717, 1.165) is 34.8 Å². The van der Waals surface area contributed by atoms with Crippen LogP contribution in [0.2, 0.25) is 0 Å². The number of ether oxygens (including phenoxy) is 3. The molecule has 1 atom stereocenters. The zero-order chi connectivity index (χ0) is 18.2. The zero-order valence-corrected chi connectivity index (χ0v) is 15.7. The molecule has 2 aromatic carbocycles. The Morgan fingerprint density at radius 1 is 1.00 bits per heavy atom. The average molecular weight is 343 g/mol. The van der Waals surface area contributed by atoms with Gasteiger partial charge >= 0.3 is 0 Å². The van der Waals surface area contributed by atoms with E-state index in [1.165, 1.54) is 5.56 Å². The topological polar surface area (TPSA) is 53.7 Å². The van der Waals surface area contributed by atoms with Crippen molar-refractivity contribution >= 4 is 0 Å². The third-order valence-electron chi connectivity index (χ3n) is 4.29. The lowest BCUT2D eigenvalue weighted by Crippen LogP contribution is -2.16. The van der Waals surface area contributed by atoms with Crippen LogP contribution in [0.15, 0.2) is 36.4 Å². The van der Waals surface area contributed by atoms with Crippen LogP contribution in [0.5, 0.6) is 17.2 Å². The van der Waals surface area contributed by atoms with Gasteiger partial charge in [0.1, 0.15) is 5.75 Å². The van der Waals surface area contributed by atoms with Crippen LogP contribution in [0.1, 0.15) is 36.5 Å². The second-order valence-electron chi connectivity index (χ2n) is 5.98. The summed E-state index contributed by atoms with van der Waals surface area (Å²) in [6.45, 7) is 7.87. The van der Waals surface area contributed by atoms with E-state index in [4.69, 9.17) is 19.9 Å². The van der Waals surface area contributed by atoms with E-state index in [-0.39, 0.29) is 5.92 Å². The summed E-state index contributed by atoms with van der Waals surface area (Å²) >= 11 is 0. The summed E-state index contributed by atoms with van der Waals surface area (Å²) < 4.78 is 16.9. The van der Waals surface area contributed by atoms with Crippen molar-refractivity contribution in [2.45, 2.75) is 33.1 Å². The van der Waals surface area contributed by atoms with Gasteiger partial charge in [-0.05, 0) is 62.6 Å². The number of nitrogens with two attached hydrogens (primary N) is 1. The smallest absolute Gasteiger partial charge is 0.163 e. The van der Waals surface area contributed by atoms with E-state index in [1.54, 1.807) is 7.11 Å². The lowest BCUT2D eigenvalue weighted by atomic mass is 9.90. The van der Waals surface area contributed by atoms with Crippen molar-refractivity contribution in [3.05, 3.63) is 53.1 Å². The van der Waals surface area contributed by atoms with Crippen molar-refractivity contribution < 1.29 is 14.2 Å². The van der Waals surface area contributed by atoms with Gasteiger partial charge in [-0.15, -0.1) is 0 Å². The molecule has 4 nitrogen and oxygen atoms in total. The fourth-order valence-electron chi connectivity index (χ4n) is 3.07. The number of hydrogen-bond acceptors (Lipinski definition) is 4. The molecule has 25 heavy (non-hydrogen) atoms. The Bertz CT molecular complexity index is 685. The molecule has 0 radical (unpaired) electrons. The standard InChI is InChI=1S/C21H29NO3/c1-5-24-19-11-10-16(12-15(19)3)18(14-22)13-17-8-7-9-20(25-6-2)21(17)23-4/h7-12,18H,5-6,13-14,22H2,1-4H3. The molecule has 0 aliphatic carbocycles. The maximum Gasteiger partial charge on any atom is 0.163 e. The summed E-state index contributed by atoms with van der Waals surface area (Å²) in [5.41, 5.74) is 9.54. The molecule has 4 heteroatoms. The molecule has 0 bridgehead atoms. The first-order valence-corrected chi connectivity index (χ1v) is 8.86. The number of benzene rings is 2. The minimum atomic E-state index is 0.208. The van der Waals surface area contributed by atoms with E-state index >= 15 is 0 Å². The van der Waals surface area contributed by atoms with Crippen LogP contribution in [0.4, 0.5) is 0 Å². The second-order valence-corrected chi connectivity index (χ2v) is 5.98. The molecule has 0 heterocycles. The lowest BCUT2D eigenvalue weighted by molar-refractivity contribution is 0.309. The Kier molecular flexibility index (Phi) is 7.14. The third kappa shape index (κ3) is 4.67. The van der Waals surface area contributed by atoms with E-state index in [1.807, 2.05) is 32.0 Å². The van der Waals surface area contributed by atoms with E-state index in [9.17, 15) is 0 Å². The molecule has 0 aliphatic heterocycles. The number of aryl methyl sites for hydroxylation is 1. The molecule has 0 spiro atoms. The molecule has 0 aromatic heterocycles. The van der Waals surface area contributed by atoms with Crippen molar-refractivity contribution in [1.82, 2.24) is 0 Å². The van der Waals surface area contributed by atoms with Crippen molar-refractivity contribution in [1.29, 1.82) is 0 Å². The quantitative estimate of drug-likeness (QED) is 0.745. The highest BCUT2D eigenvalue weighted by atomic mass is 16.5. The van der Waals surface area contributed by atoms with Gasteiger partial charge in [0.05, 0.1) is 20.3 Å². The minimum Gasteiger partial charge on any atom is -0.494 e. The molecule has 2 N–H and O–H groups in total. The molecule has 0 amide bonds. The highest BCUT2D eigenvalue weighted by Gasteiger charge is 2.17. The molecule has 1 unspecified atom stereocenters. The van der Waals surface area contributed by atoms with Gasteiger partial charge in [0.2, 0.25) is 0 Å². The predicted molar refractivity (Wildman–Crippen MR) is 102 cm³/mol. The van der Waals surface area contributed by atoms with E-state index in [2.05, 4.69) is 25.1 Å². The molecule has 2 rings (SSSR count). The third-order valence-corrected chi connectivity index (χ3v) is 4.29. The minimum absolute atomic E-state index is 0.208. The fourth-order valence-corrected chi connectivity index (χ4v) is 3.07. The van der Waals surface area contributed by atoms with Gasteiger partial charge in [0.15, 0.2) is 11.5 Å². The van der Waals surface area contributed by atoms with Gasteiger partial charge in [-0.2, -0.15) is 0 Å². The first-order valence-electron chi connectivity index (χ1n) is 8.86. The summed E-state index contributed by atoms with van der Waals surface area (Å²) in [5, 5.41) is 0. The van der Waals surface area contributed by atoms with Crippen molar-refractivity contribution in [2.24, 2.45) is 5.73 Å². The number of rotatable bonds is 9. The highest BCUT2D eigenvalue weighted by Crippen LogP contribution is 2.35. The number of methoxy groups -OCH3 is 1. The van der Waals surface area contributed by atoms with Crippen LogP contribution in [0.3, 0.4) is 0 Å². The van der Waals surface area contributed by atoms with Gasteiger partial charge in [-0.1, -0.05) is 24.3 Å². The van der Waals surface area contributed by atoms with Crippen LogP contribution < -0.4 is 19.9 Å². The van der Waals surface area contributed by atoms with Gasteiger partial charge in [-0.3, -0.25) is 0 Å². The Labute approximate surface area is 150 Å². The number of hydrogen-bond donors (Lipinski definition) is 1. The lowest BCUT2D eigenvalue weighted by Gasteiger charge is -2.20. The molecule has 0 fully saturated rings. The molecule has 0 saturated heterocycles. The summed E-state index contributed by atoms with van der Waals surface area (Å²) in [4.78, 5) is 0. The maximum absolute atomic E-state index is 6.08. The average Bonchev–Trinajstić information content (AvgIpc) is 2.62. The molecule has 136 valence electrons. The van der Waals surface area contributed by atoms with Crippen LogP contribution >= 0.6 is 0 Å². The predicted octanol–water partition coefficient (Wildman–Crippen LogP) is 4.09. The van der Waals surface area contributed by atoms with Crippen LogP contribution in [0, 0.1) is 6.92 Å². The molecular weight excluding hydrogens is 314 g/mol. The van der Waals surface area contributed by atoms with Gasteiger partial charge in [0.25, 0.3) is 0 Å². The van der Waals surface area contributed by atoms with Gasteiger partial charge in [-0.25, -0.2) is 0 Å². The summed E-state index contributed by atoms with van der Waals surface area (Å²) in [6.07, 6.45) is 0.800. The van der Waals surface area contributed by atoms with Crippen LogP contribution in [-0.4, -0.2) is 26.9 Å². The highest BCUT2D eigenvalue weighted by molar-refractivity contribution is 5.48. The van der Waals surface area contributed by atoms with Crippen molar-refractivity contribution in [2.75, 3.05) is 26.9 Å². The maximum atomic E-state index is 6.08. The van der Waals surface area contributed by atoms with Crippen LogP contribution in [-0.2, 0) is 6.42 Å². The summed E-state index contributed by atoms with van der Waals surface area (Å²) in [7, 11) is 1.68. The zero-order valence-electron chi connectivity index (χ0n) is 15.7. The SMILES string of the molecule is CCOc1ccc(C(CN)Cc2cccc(OCC)c2OC)cc1C. The molecule has 0 aliphatic rings. The summed E-state index contributed by atoms with van der Waals surface area (Å²) in [5.74, 6) is 2.71. The first-order chi connectivity index (χ1) is 12.1. The Morgan fingerprint density at radius 2 is 1.72 bits per heavy atom. The number of para-hydroxylation sites is 1. The molecule has 0 saturated carbocycles. The monoisotopic (exact) mass is 343 g/mol. The van der Waals surface area contributed by atoms with Gasteiger partial charge < -0.3 is 19.9 Å². The fraction of sp³-hybridized carbons (Fsp3) is 0.429. The Balaban J connectivity index is 2.28. The van der Waals surface area contributed by atoms with Gasteiger partial charge in [0, 0.05) is 5.92 Å².